The highest BCUT2D eigenvalue weighted by molar-refractivity contribution is 5.28. The quantitative estimate of drug-likeness (QED) is 0.640. The molecule has 0 saturated carbocycles. The number of aliphatic hydroxyl groups is 1. The second-order valence-corrected chi connectivity index (χ2v) is 6.61. The minimum absolute atomic E-state index is 0.249. The minimum Gasteiger partial charge on any atom is -0.388 e. The Bertz CT molecular complexity index is 494. The summed E-state index contributed by atoms with van der Waals surface area (Å²) in [6.07, 6.45) is 1.23. The topological polar surface area (TPSA) is 64.5 Å². The zero-order valence-electron chi connectivity index (χ0n) is 12.5. The van der Waals surface area contributed by atoms with Crippen LogP contribution in [0.15, 0.2) is 42.1 Å². The van der Waals surface area contributed by atoms with Gasteiger partial charge >= 0.3 is 0 Å². The van der Waals surface area contributed by atoms with Crippen molar-refractivity contribution in [1.29, 1.82) is 0 Å². The van der Waals surface area contributed by atoms with Crippen molar-refractivity contribution in [1.82, 2.24) is 10.8 Å². The van der Waals surface area contributed by atoms with Crippen LogP contribution in [-0.4, -0.2) is 21.4 Å². The highest BCUT2D eigenvalue weighted by Crippen LogP contribution is 2.40. The van der Waals surface area contributed by atoms with Crippen LogP contribution < -0.4 is 10.8 Å². The summed E-state index contributed by atoms with van der Waals surface area (Å²) in [7, 11) is 0. The van der Waals surface area contributed by atoms with E-state index in [9.17, 15) is 10.3 Å². The van der Waals surface area contributed by atoms with Crippen molar-refractivity contribution in [3.05, 3.63) is 47.7 Å². The number of nitrogens with one attached hydrogen (secondary N) is 2. The molecule has 2 atom stereocenters. The molecular formula is C16H24N2O2. The molecule has 0 bridgehead atoms. The zero-order valence-corrected chi connectivity index (χ0v) is 12.5. The van der Waals surface area contributed by atoms with E-state index in [-0.39, 0.29) is 17.0 Å². The second kappa shape index (κ2) is 5.20. The maximum absolute atomic E-state index is 10.7. The van der Waals surface area contributed by atoms with Gasteiger partial charge in [-0.15, -0.1) is 0 Å². The number of hydroxylamine groups is 1. The molecular weight excluding hydrogens is 252 g/mol. The third kappa shape index (κ3) is 2.87. The SMILES string of the molecule is CC1(C)C=C(NO)C(C(O)c2ccccc2)C(C)(C)N1. The number of aliphatic hydroxyl groups excluding tert-OH is 1. The molecule has 0 saturated heterocycles. The Morgan fingerprint density at radius 3 is 2.30 bits per heavy atom. The Morgan fingerprint density at radius 2 is 1.75 bits per heavy atom. The number of hydrogen-bond donors (Lipinski definition) is 4. The van der Waals surface area contributed by atoms with Gasteiger partial charge in [0.05, 0.1) is 6.10 Å². The zero-order chi connectivity index (χ0) is 15.0. The predicted octanol–water partition coefficient (Wildman–Crippen LogP) is 2.36. The summed E-state index contributed by atoms with van der Waals surface area (Å²) in [5, 5.41) is 23.7. The molecule has 0 fully saturated rings. The molecule has 1 aromatic carbocycles. The van der Waals surface area contributed by atoms with E-state index in [1.807, 2.05) is 64.1 Å². The van der Waals surface area contributed by atoms with Crippen molar-refractivity contribution in [2.45, 2.75) is 44.9 Å². The van der Waals surface area contributed by atoms with Crippen molar-refractivity contribution in [2.75, 3.05) is 0 Å². The van der Waals surface area contributed by atoms with Crippen LogP contribution in [0.1, 0.15) is 39.4 Å². The average Bonchev–Trinajstić information content (AvgIpc) is 2.36. The Balaban J connectivity index is 2.42. The lowest BCUT2D eigenvalue weighted by atomic mass is 9.73. The Morgan fingerprint density at radius 1 is 1.15 bits per heavy atom. The molecule has 1 aliphatic heterocycles. The van der Waals surface area contributed by atoms with Gasteiger partial charge in [0, 0.05) is 22.7 Å². The van der Waals surface area contributed by atoms with Crippen LogP contribution >= 0.6 is 0 Å². The fourth-order valence-electron chi connectivity index (χ4n) is 3.32. The summed E-state index contributed by atoms with van der Waals surface area (Å²) in [6.45, 7) is 8.15. The summed E-state index contributed by atoms with van der Waals surface area (Å²) in [5.74, 6) is -0.261. The first kappa shape index (κ1) is 15.0. The van der Waals surface area contributed by atoms with Gasteiger partial charge < -0.3 is 10.4 Å². The third-order valence-corrected chi connectivity index (χ3v) is 3.86. The monoisotopic (exact) mass is 276 g/mol. The van der Waals surface area contributed by atoms with E-state index >= 15 is 0 Å². The molecule has 110 valence electrons. The Labute approximate surface area is 120 Å². The maximum atomic E-state index is 10.7. The summed E-state index contributed by atoms with van der Waals surface area (Å²) in [4.78, 5) is 0. The Hall–Kier alpha value is -1.36. The van der Waals surface area contributed by atoms with Crippen LogP contribution in [-0.2, 0) is 0 Å². The van der Waals surface area contributed by atoms with Gasteiger partial charge in [0.1, 0.15) is 0 Å². The van der Waals surface area contributed by atoms with Crippen molar-refractivity contribution >= 4 is 0 Å². The van der Waals surface area contributed by atoms with Gasteiger partial charge in [-0.1, -0.05) is 30.3 Å². The average molecular weight is 276 g/mol. The smallest absolute Gasteiger partial charge is 0.0891 e. The molecule has 1 heterocycles. The maximum Gasteiger partial charge on any atom is 0.0891 e. The van der Waals surface area contributed by atoms with Crippen molar-refractivity contribution in [3.8, 4) is 0 Å². The number of rotatable bonds is 3. The molecule has 4 heteroatoms. The van der Waals surface area contributed by atoms with Crippen molar-refractivity contribution in [3.63, 3.8) is 0 Å². The highest BCUT2D eigenvalue weighted by Gasteiger charge is 2.44. The molecule has 1 aliphatic rings. The summed E-state index contributed by atoms with van der Waals surface area (Å²) in [5.41, 5.74) is 3.16. The number of hydrogen-bond acceptors (Lipinski definition) is 4. The second-order valence-electron chi connectivity index (χ2n) is 6.61. The molecule has 0 radical (unpaired) electrons. The van der Waals surface area contributed by atoms with Crippen LogP contribution in [0.3, 0.4) is 0 Å². The molecule has 2 rings (SSSR count). The van der Waals surface area contributed by atoms with E-state index < -0.39 is 6.10 Å². The summed E-state index contributed by atoms with van der Waals surface area (Å²) >= 11 is 0. The molecule has 0 amide bonds. The van der Waals surface area contributed by atoms with Gasteiger partial charge in [-0.25, -0.2) is 0 Å². The standard InChI is InChI=1S/C16H24N2O2/c1-15(2)10-12(17-20)13(16(3,4)18-15)14(19)11-8-6-5-7-9-11/h5-10,13-14,17-20H,1-4H3. The molecule has 1 aromatic rings. The first-order chi connectivity index (χ1) is 9.27. The van der Waals surface area contributed by atoms with Crippen LogP contribution in [0.2, 0.25) is 0 Å². The number of benzene rings is 1. The van der Waals surface area contributed by atoms with Gasteiger partial charge in [0.25, 0.3) is 0 Å². The molecule has 0 spiro atoms. The predicted molar refractivity (Wildman–Crippen MR) is 79.2 cm³/mol. The molecule has 4 N–H and O–H groups in total. The van der Waals surface area contributed by atoms with E-state index in [0.29, 0.717) is 5.70 Å². The van der Waals surface area contributed by atoms with E-state index in [2.05, 4.69) is 10.8 Å². The molecule has 0 aliphatic carbocycles. The fraction of sp³-hybridized carbons (Fsp3) is 0.500. The summed E-state index contributed by atoms with van der Waals surface area (Å²) < 4.78 is 0. The molecule has 4 nitrogen and oxygen atoms in total. The van der Waals surface area contributed by atoms with E-state index in [0.717, 1.165) is 5.56 Å². The minimum atomic E-state index is -0.694. The largest absolute Gasteiger partial charge is 0.388 e. The lowest BCUT2D eigenvalue weighted by Crippen LogP contribution is -2.61. The lowest BCUT2D eigenvalue weighted by Gasteiger charge is -2.48. The van der Waals surface area contributed by atoms with Crippen LogP contribution in [0.4, 0.5) is 0 Å². The highest BCUT2D eigenvalue weighted by atomic mass is 16.5. The van der Waals surface area contributed by atoms with Gasteiger partial charge in [-0.3, -0.25) is 10.7 Å². The van der Waals surface area contributed by atoms with Gasteiger partial charge in [-0.05, 0) is 39.3 Å². The third-order valence-electron chi connectivity index (χ3n) is 3.86. The summed E-state index contributed by atoms with van der Waals surface area (Å²) in [6, 6.07) is 9.53. The van der Waals surface area contributed by atoms with E-state index in [1.54, 1.807) is 0 Å². The van der Waals surface area contributed by atoms with Crippen molar-refractivity contribution < 1.29 is 10.3 Å². The van der Waals surface area contributed by atoms with Gasteiger partial charge in [0.15, 0.2) is 0 Å². The van der Waals surface area contributed by atoms with Gasteiger partial charge in [0.2, 0.25) is 0 Å². The van der Waals surface area contributed by atoms with Crippen LogP contribution in [0.25, 0.3) is 0 Å². The van der Waals surface area contributed by atoms with Crippen LogP contribution in [0.5, 0.6) is 0 Å². The molecule has 0 aromatic heterocycles. The normalized spacial score (nSPS) is 25.7. The first-order valence-corrected chi connectivity index (χ1v) is 6.92. The van der Waals surface area contributed by atoms with E-state index in [1.165, 1.54) is 0 Å². The molecule has 2 unspecified atom stereocenters. The van der Waals surface area contributed by atoms with Gasteiger partial charge in [-0.2, -0.15) is 0 Å². The van der Waals surface area contributed by atoms with Crippen LogP contribution in [0, 0.1) is 5.92 Å². The Kier molecular flexibility index (Phi) is 3.91. The van der Waals surface area contributed by atoms with E-state index in [4.69, 9.17) is 0 Å². The lowest BCUT2D eigenvalue weighted by molar-refractivity contribution is 0.0357. The van der Waals surface area contributed by atoms with Crippen molar-refractivity contribution in [2.24, 2.45) is 5.92 Å². The molecule has 20 heavy (non-hydrogen) atoms. The fourth-order valence-corrected chi connectivity index (χ4v) is 3.32. The first-order valence-electron chi connectivity index (χ1n) is 6.92.